The number of hydrogen-bond donors (Lipinski definition) is 0. The fraction of sp³-hybridized carbons (Fsp3) is 0.429. The molecule has 0 saturated carbocycles. The van der Waals surface area contributed by atoms with E-state index in [0.717, 1.165) is 17.9 Å². The number of fused-ring (bicyclic) bond motifs is 1. The van der Waals surface area contributed by atoms with Crippen molar-refractivity contribution in [2.75, 3.05) is 14.1 Å². The van der Waals surface area contributed by atoms with Gasteiger partial charge in [0.05, 0.1) is 0 Å². The lowest BCUT2D eigenvalue weighted by Gasteiger charge is -2.38. The lowest BCUT2D eigenvalue weighted by Crippen LogP contribution is -2.35. The van der Waals surface area contributed by atoms with E-state index < -0.39 is 0 Å². The summed E-state index contributed by atoms with van der Waals surface area (Å²) in [6.45, 7) is 6.35. The first-order valence-corrected chi connectivity index (χ1v) is 8.57. The van der Waals surface area contributed by atoms with Crippen LogP contribution >= 0.6 is 0 Å². The van der Waals surface area contributed by atoms with Crippen LogP contribution in [-0.4, -0.2) is 30.8 Å². The first-order chi connectivity index (χ1) is 11.4. The fourth-order valence-corrected chi connectivity index (χ4v) is 3.19. The molecule has 128 valence electrons. The summed E-state index contributed by atoms with van der Waals surface area (Å²) in [7, 11) is 4.02. The van der Waals surface area contributed by atoms with Gasteiger partial charge in [0.2, 0.25) is 0 Å². The molecule has 2 unspecified atom stereocenters. The lowest BCUT2D eigenvalue weighted by atomic mass is 9.80. The van der Waals surface area contributed by atoms with Crippen LogP contribution in [0.15, 0.2) is 48.5 Å². The topological polar surface area (TPSA) is 21.7 Å². The molecule has 0 spiro atoms. The van der Waals surface area contributed by atoms with E-state index in [0.29, 0.717) is 5.92 Å². The maximum atomic E-state index is 6.26. The summed E-state index contributed by atoms with van der Waals surface area (Å²) in [5, 5.41) is 0. The van der Waals surface area contributed by atoms with Crippen LogP contribution in [0.25, 0.3) is 0 Å². The molecule has 0 radical (unpaired) electrons. The zero-order valence-corrected chi connectivity index (χ0v) is 15.2. The molecule has 3 nitrogen and oxygen atoms in total. The summed E-state index contributed by atoms with van der Waals surface area (Å²) in [6.07, 6.45) is 0.989. The summed E-state index contributed by atoms with van der Waals surface area (Å²) in [5.41, 5.74) is 2.38. The summed E-state index contributed by atoms with van der Waals surface area (Å²) in [5.74, 6) is 2.13. The fourth-order valence-electron chi connectivity index (χ4n) is 3.19. The van der Waals surface area contributed by atoms with E-state index in [2.05, 4.69) is 56.3 Å². The van der Waals surface area contributed by atoms with E-state index in [1.54, 1.807) is 0 Å². The van der Waals surface area contributed by atoms with E-state index in [1.807, 2.05) is 32.0 Å². The molecule has 24 heavy (non-hydrogen) atoms. The number of hydrogen-bond acceptors (Lipinski definition) is 3. The molecule has 1 aliphatic heterocycles. The maximum absolute atomic E-state index is 6.26. The van der Waals surface area contributed by atoms with Gasteiger partial charge in [0.25, 0.3) is 0 Å². The predicted octanol–water partition coefficient (Wildman–Crippen LogP) is 4.67. The van der Waals surface area contributed by atoms with Crippen LogP contribution in [0.4, 0.5) is 0 Å². The quantitative estimate of drug-likeness (QED) is 0.763. The van der Waals surface area contributed by atoms with Gasteiger partial charge in [-0.05, 0) is 52.9 Å². The lowest BCUT2D eigenvalue weighted by molar-refractivity contribution is 0.0706. The molecule has 0 aliphatic carbocycles. The largest absolute Gasteiger partial charge is 0.487 e. The van der Waals surface area contributed by atoms with Crippen LogP contribution in [0.2, 0.25) is 0 Å². The van der Waals surface area contributed by atoms with Gasteiger partial charge >= 0.3 is 0 Å². The van der Waals surface area contributed by atoms with Crippen molar-refractivity contribution in [1.29, 1.82) is 0 Å². The second kappa shape index (κ2) is 6.48. The average molecular weight is 325 g/mol. The van der Waals surface area contributed by atoms with Gasteiger partial charge in [0.1, 0.15) is 23.3 Å². The molecule has 0 amide bonds. The number of rotatable bonds is 4. The highest BCUT2D eigenvalue weighted by Crippen LogP contribution is 2.45. The second-order valence-corrected chi connectivity index (χ2v) is 7.41. The minimum Gasteiger partial charge on any atom is -0.487 e. The zero-order valence-electron chi connectivity index (χ0n) is 15.2. The first kappa shape index (κ1) is 16.8. The van der Waals surface area contributed by atoms with Crippen molar-refractivity contribution in [2.24, 2.45) is 0 Å². The van der Waals surface area contributed by atoms with Crippen LogP contribution in [0.1, 0.15) is 44.2 Å². The first-order valence-electron chi connectivity index (χ1n) is 8.57. The number of benzene rings is 2. The van der Waals surface area contributed by atoms with E-state index in [4.69, 9.17) is 9.47 Å². The van der Waals surface area contributed by atoms with Crippen LogP contribution < -0.4 is 9.47 Å². The van der Waals surface area contributed by atoms with Gasteiger partial charge in [-0.2, -0.15) is 0 Å². The highest BCUT2D eigenvalue weighted by atomic mass is 16.5. The molecule has 0 saturated heterocycles. The molecule has 2 aromatic carbocycles. The molecule has 2 atom stereocenters. The molecule has 1 aliphatic rings. The van der Waals surface area contributed by atoms with Crippen LogP contribution in [0.3, 0.4) is 0 Å². The van der Waals surface area contributed by atoms with E-state index in [1.165, 1.54) is 11.1 Å². The van der Waals surface area contributed by atoms with Crippen molar-refractivity contribution in [1.82, 2.24) is 4.90 Å². The molecule has 3 rings (SSSR count). The SMILES string of the molecule is CC(Oc1ccc2c(c1)OC(C)(C)CC2c1ccccc1)N(C)C. The summed E-state index contributed by atoms with van der Waals surface area (Å²) < 4.78 is 12.3. The molecule has 2 aromatic rings. The summed E-state index contributed by atoms with van der Waals surface area (Å²) >= 11 is 0. The normalized spacial score (nSPS) is 20.2. The van der Waals surface area contributed by atoms with Gasteiger partial charge in [-0.25, -0.2) is 0 Å². The minimum absolute atomic E-state index is 0.0181. The number of nitrogens with zero attached hydrogens (tertiary/aromatic N) is 1. The average Bonchev–Trinajstić information content (AvgIpc) is 2.53. The van der Waals surface area contributed by atoms with Gasteiger partial charge in [-0.1, -0.05) is 36.4 Å². The Hall–Kier alpha value is -2.00. The van der Waals surface area contributed by atoms with Gasteiger partial charge in [-0.15, -0.1) is 0 Å². The van der Waals surface area contributed by atoms with Crippen LogP contribution in [0.5, 0.6) is 11.5 Å². The third kappa shape index (κ3) is 3.57. The molecular formula is C21H27NO2. The van der Waals surface area contributed by atoms with Gasteiger partial charge < -0.3 is 9.47 Å². The molecule has 0 N–H and O–H groups in total. The summed E-state index contributed by atoms with van der Waals surface area (Å²) in [4.78, 5) is 2.04. The van der Waals surface area contributed by atoms with Crippen LogP contribution in [0, 0.1) is 0 Å². The van der Waals surface area contributed by atoms with Crippen molar-refractivity contribution in [3.8, 4) is 11.5 Å². The van der Waals surface area contributed by atoms with E-state index >= 15 is 0 Å². The molecule has 0 aromatic heterocycles. The monoisotopic (exact) mass is 325 g/mol. The van der Waals surface area contributed by atoms with Crippen molar-refractivity contribution >= 4 is 0 Å². The van der Waals surface area contributed by atoms with Crippen LogP contribution in [-0.2, 0) is 0 Å². The third-order valence-electron chi connectivity index (χ3n) is 4.68. The third-order valence-corrected chi connectivity index (χ3v) is 4.68. The Balaban J connectivity index is 1.96. The Labute approximate surface area is 145 Å². The highest BCUT2D eigenvalue weighted by Gasteiger charge is 2.34. The van der Waals surface area contributed by atoms with Gasteiger partial charge in [0, 0.05) is 17.5 Å². The summed E-state index contributed by atoms with van der Waals surface area (Å²) in [6, 6.07) is 16.9. The molecule has 3 heteroatoms. The van der Waals surface area contributed by atoms with Crippen molar-refractivity contribution in [2.45, 2.75) is 44.9 Å². The maximum Gasteiger partial charge on any atom is 0.149 e. The Morgan fingerprint density at radius 1 is 1.12 bits per heavy atom. The predicted molar refractivity (Wildman–Crippen MR) is 97.8 cm³/mol. The Kier molecular flexibility index (Phi) is 4.55. The van der Waals surface area contributed by atoms with E-state index in [9.17, 15) is 0 Å². The molecule has 0 bridgehead atoms. The van der Waals surface area contributed by atoms with E-state index in [-0.39, 0.29) is 11.8 Å². The molecule has 0 fully saturated rings. The zero-order chi connectivity index (χ0) is 17.3. The second-order valence-electron chi connectivity index (χ2n) is 7.41. The Bertz CT molecular complexity index is 694. The standard InChI is InChI=1S/C21H27NO2/c1-15(22(4)5)23-17-11-12-18-19(16-9-7-6-8-10-16)14-21(2,3)24-20(18)13-17/h6-13,15,19H,14H2,1-5H3. The molecule has 1 heterocycles. The van der Waals surface area contributed by atoms with Crippen molar-refractivity contribution in [3.63, 3.8) is 0 Å². The smallest absolute Gasteiger partial charge is 0.149 e. The highest BCUT2D eigenvalue weighted by molar-refractivity contribution is 5.48. The van der Waals surface area contributed by atoms with Gasteiger partial charge in [-0.3, -0.25) is 4.90 Å². The minimum atomic E-state index is -0.195. The Morgan fingerprint density at radius 3 is 2.50 bits per heavy atom. The Morgan fingerprint density at radius 2 is 1.83 bits per heavy atom. The van der Waals surface area contributed by atoms with Gasteiger partial charge in [0.15, 0.2) is 0 Å². The molecular weight excluding hydrogens is 298 g/mol. The van der Waals surface area contributed by atoms with Crippen molar-refractivity contribution in [3.05, 3.63) is 59.7 Å². The number of ether oxygens (including phenoxy) is 2. The van der Waals surface area contributed by atoms with Crippen molar-refractivity contribution < 1.29 is 9.47 Å².